The summed E-state index contributed by atoms with van der Waals surface area (Å²) in [5.41, 5.74) is 5.32. The molecule has 1 amide bonds. The van der Waals surface area contributed by atoms with Crippen LogP contribution in [0.3, 0.4) is 0 Å². The number of rotatable bonds is 2. The Morgan fingerprint density at radius 3 is 2.71 bits per heavy atom. The van der Waals surface area contributed by atoms with Gasteiger partial charge in [-0.05, 0) is 19.9 Å². The van der Waals surface area contributed by atoms with Crippen molar-refractivity contribution in [1.29, 1.82) is 0 Å². The van der Waals surface area contributed by atoms with E-state index in [1.165, 1.54) is 12.0 Å². The summed E-state index contributed by atoms with van der Waals surface area (Å²) in [6.07, 6.45) is 0. The Hall–Kier alpha value is -3.55. The lowest BCUT2D eigenvalue weighted by atomic mass is 9.68. The average molecular weight is 381 g/mol. The summed E-state index contributed by atoms with van der Waals surface area (Å²) >= 11 is 0. The largest absolute Gasteiger partial charge is 0.465 e. The zero-order chi connectivity index (χ0) is 20.2. The van der Waals surface area contributed by atoms with E-state index in [1.54, 1.807) is 37.3 Å². The molecule has 0 saturated heterocycles. The molecule has 8 nitrogen and oxygen atoms in total. The van der Waals surface area contributed by atoms with E-state index in [2.05, 4.69) is 4.98 Å². The highest BCUT2D eigenvalue weighted by molar-refractivity contribution is 6.18. The Labute approximate surface area is 160 Å². The number of aryl methyl sites for hydroxylation is 1. The molecule has 1 aromatic carbocycles. The molecule has 1 spiro atoms. The summed E-state index contributed by atoms with van der Waals surface area (Å²) in [6, 6.07) is 8.61. The molecular formula is C20H19N3O5. The molecule has 2 aromatic rings. The number of carbonyl (C=O) groups is 2. The highest BCUT2D eigenvalue weighted by Gasteiger charge is 2.62. The highest BCUT2D eigenvalue weighted by Crippen LogP contribution is 2.54. The van der Waals surface area contributed by atoms with Gasteiger partial charge in [-0.15, -0.1) is 0 Å². The first-order valence-electron chi connectivity index (χ1n) is 8.80. The Morgan fingerprint density at radius 1 is 1.32 bits per heavy atom. The van der Waals surface area contributed by atoms with Gasteiger partial charge in [-0.1, -0.05) is 18.2 Å². The molecule has 144 valence electrons. The monoisotopic (exact) mass is 381 g/mol. The van der Waals surface area contributed by atoms with Crippen molar-refractivity contribution in [1.82, 2.24) is 4.98 Å². The van der Waals surface area contributed by atoms with Gasteiger partial charge in [0.2, 0.25) is 11.8 Å². The van der Waals surface area contributed by atoms with Crippen LogP contribution in [0.1, 0.15) is 23.7 Å². The van der Waals surface area contributed by atoms with Gasteiger partial charge in [-0.3, -0.25) is 9.59 Å². The molecule has 0 aliphatic carbocycles. The van der Waals surface area contributed by atoms with Crippen molar-refractivity contribution in [3.63, 3.8) is 0 Å². The lowest BCUT2D eigenvalue weighted by Crippen LogP contribution is -2.51. The standard InChI is InChI=1S/C20H19N3O5/c1-4-23-12-8-6-5-7-11(12)20(19(23)26)14-13(9-10(2)22-17(14)24)28-16(21)15(20)18(25)27-3/h5-9H,4,21H2,1-3H3,(H,22,24)/t20-/m1/s1. The van der Waals surface area contributed by atoms with Crippen molar-refractivity contribution < 1.29 is 19.1 Å². The van der Waals surface area contributed by atoms with Crippen molar-refractivity contribution in [2.45, 2.75) is 19.3 Å². The zero-order valence-corrected chi connectivity index (χ0v) is 15.7. The van der Waals surface area contributed by atoms with Crippen LogP contribution in [-0.4, -0.2) is 30.5 Å². The van der Waals surface area contributed by atoms with Crippen molar-refractivity contribution in [2.75, 3.05) is 18.6 Å². The van der Waals surface area contributed by atoms with Crippen LogP contribution in [0.5, 0.6) is 5.75 Å². The van der Waals surface area contributed by atoms with E-state index in [0.717, 1.165) is 0 Å². The summed E-state index contributed by atoms with van der Waals surface area (Å²) in [6.45, 7) is 3.86. The molecule has 3 N–H and O–H groups in total. The minimum absolute atomic E-state index is 0.0288. The Balaban J connectivity index is 2.22. The Bertz CT molecular complexity index is 1120. The zero-order valence-electron chi connectivity index (χ0n) is 15.7. The van der Waals surface area contributed by atoms with Gasteiger partial charge in [-0.2, -0.15) is 0 Å². The van der Waals surface area contributed by atoms with Gasteiger partial charge in [0.25, 0.3) is 5.56 Å². The number of fused-ring (bicyclic) bond motifs is 4. The first-order valence-corrected chi connectivity index (χ1v) is 8.80. The number of nitrogens with two attached hydrogens (primary N) is 1. The molecule has 28 heavy (non-hydrogen) atoms. The normalized spacial score (nSPS) is 20.1. The SMILES string of the molecule is CCN1C(=O)[C@]2(C(C(=O)OC)=C(N)Oc3cc(C)[nH]c(=O)c32)c2ccccc21. The second kappa shape index (κ2) is 5.98. The van der Waals surface area contributed by atoms with E-state index < -0.39 is 22.9 Å². The van der Waals surface area contributed by atoms with Crippen molar-refractivity contribution in [3.05, 3.63) is 69.0 Å². The van der Waals surface area contributed by atoms with Crippen LogP contribution in [0.2, 0.25) is 0 Å². The summed E-state index contributed by atoms with van der Waals surface area (Å²) in [5, 5.41) is 0. The van der Waals surface area contributed by atoms with Gasteiger partial charge in [0.15, 0.2) is 0 Å². The maximum absolute atomic E-state index is 13.8. The van der Waals surface area contributed by atoms with Crippen LogP contribution in [0.4, 0.5) is 5.69 Å². The van der Waals surface area contributed by atoms with E-state index in [1.807, 2.05) is 6.92 Å². The number of likely N-dealkylation sites (N-methyl/N-ethyl adjacent to an activating group) is 1. The summed E-state index contributed by atoms with van der Waals surface area (Å²) in [4.78, 5) is 43.8. The Morgan fingerprint density at radius 2 is 2.04 bits per heavy atom. The fourth-order valence-corrected chi connectivity index (χ4v) is 4.18. The number of para-hydroxylation sites is 1. The number of esters is 1. The van der Waals surface area contributed by atoms with Crippen LogP contribution in [0.15, 0.2) is 46.6 Å². The quantitative estimate of drug-likeness (QED) is 0.752. The van der Waals surface area contributed by atoms with Gasteiger partial charge in [0.05, 0.1) is 12.7 Å². The number of pyridine rings is 1. The molecule has 1 atom stereocenters. The van der Waals surface area contributed by atoms with Crippen molar-refractivity contribution >= 4 is 17.6 Å². The lowest BCUT2D eigenvalue weighted by molar-refractivity contribution is -0.138. The van der Waals surface area contributed by atoms with Gasteiger partial charge in [0.1, 0.15) is 16.7 Å². The number of hydrogen-bond acceptors (Lipinski definition) is 6. The highest BCUT2D eigenvalue weighted by atomic mass is 16.5. The van der Waals surface area contributed by atoms with Crippen LogP contribution in [0.25, 0.3) is 0 Å². The van der Waals surface area contributed by atoms with Crippen LogP contribution in [-0.2, 0) is 19.7 Å². The van der Waals surface area contributed by atoms with Gasteiger partial charge < -0.3 is 25.1 Å². The van der Waals surface area contributed by atoms with Crippen LogP contribution < -0.4 is 20.9 Å². The van der Waals surface area contributed by atoms with Crippen LogP contribution in [0, 0.1) is 6.92 Å². The number of benzene rings is 1. The second-order valence-electron chi connectivity index (χ2n) is 6.67. The molecule has 2 aliphatic heterocycles. The van der Waals surface area contributed by atoms with Gasteiger partial charge >= 0.3 is 5.97 Å². The molecule has 1 aromatic heterocycles. The van der Waals surface area contributed by atoms with E-state index in [-0.39, 0.29) is 22.8 Å². The number of amides is 1. The number of ether oxygens (including phenoxy) is 2. The predicted octanol–water partition coefficient (Wildman–Crippen LogP) is 1.07. The molecule has 2 aliphatic rings. The average Bonchev–Trinajstić information content (AvgIpc) is 2.89. The third-order valence-corrected chi connectivity index (χ3v) is 5.22. The van der Waals surface area contributed by atoms with Crippen molar-refractivity contribution in [2.24, 2.45) is 5.73 Å². The molecule has 0 bridgehead atoms. The summed E-state index contributed by atoms with van der Waals surface area (Å²) in [5.74, 6) is -1.39. The summed E-state index contributed by atoms with van der Waals surface area (Å²) in [7, 11) is 1.19. The third-order valence-electron chi connectivity index (χ3n) is 5.22. The molecule has 0 saturated carbocycles. The second-order valence-corrected chi connectivity index (χ2v) is 6.67. The molecule has 0 fully saturated rings. The first-order chi connectivity index (χ1) is 13.4. The third kappa shape index (κ3) is 2.02. The number of nitrogens with zero attached hydrogens (tertiary/aromatic N) is 1. The lowest BCUT2D eigenvalue weighted by Gasteiger charge is -2.35. The van der Waals surface area contributed by atoms with E-state index in [4.69, 9.17) is 15.2 Å². The maximum Gasteiger partial charge on any atom is 0.340 e. The molecular weight excluding hydrogens is 362 g/mol. The van der Waals surface area contributed by atoms with Crippen LogP contribution >= 0.6 is 0 Å². The minimum Gasteiger partial charge on any atom is -0.465 e. The first kappa shape index (κ1) is 17.8. The van der Waals surface area contributed by atoms with E-state index >= 15 is 0 Å². The van der Waals surface area contributed by atoms with E-state index in [9.17, 15) is 14.4 Å². The molecule has 4 rings (SSSR count). The molecule has 3 heterocycles. The topological polar surface area (TPSA) is 115 Å². The van der Waals surface area contributed by atoms with Gasteiger partial charge in [-0.25, -0.2) is 4.79 Å². The number of aromatic nitrogens is 1. The number of carbonyl (C=O) groups excluding carboxylic acids is 2. The fourth-order valence-electron chi connectivity index (χ4n) is 4.18. The predicted molar refractivity (Wildman–Crippen MR) is 101 cm³/mol. The van der Waals surface area contributed by atoms with Crippen molar-refractivity contribution in [3.8, 4) is 5.75 Å². The number of methoxy groups -OCH3 is 1. The Kier molecular flexibility index (Phi) is 3.81. The van der Waals surface area contributed by atoms with E-state index in [0.29, 0.717) is 23.5 Å². The molecule has 8 heteroatoms. The summed E-state index contributed by atoms with van der Waals surface area (Å²) < 4.78 is 10.5. The fraction of sp³-hybridized carbons (Fsp3) is 0.250. The molecule has 0 radical (unpaired) electrons. The number of nitrogens with one attached hydrogen (secondary N) is 1. The van der Waals surface area contributed by atoms with Gasteiger partial charge in [0, 0.05) is 29.6 Å². The number of hydrogen-bond donors (Lipinski definition) is 2. The number of anilines is 1. The minimum atomic E-state index is -1.74. The maximum atomic E-state index is 13.8. The number of aromatic amines is 1. The number of H-pyrrole nitrogens is 1. The smallest absolute Gasteiger partial charge is 0.340 e. The molecule has 0 unspecified atom stereocenters.